The number of hydrogen-bond acceptors (Lipinski definition) is 4. The van der Waals surface area contributed by atoms with E-state index in [1.54, 1.807) is 36.4 Å². The van der Waals surface area contributed by atoms with E-state index in [0.29, 0.717) is 0 Å². The molecule has 19 heavy (non-hydrogen) atoms. The number of carbonyl (C=O) groups is 2. The van der Waals surface area contributed by atoms with Gasteiger partial charge in [-0.1, -0.05) is 60.7 Å². The third kappa shape index (κ3) is 6.40. The van der Waals surface area contributed by atoms with Gasteiger partial charge in [-0.2, -0.15) is 0 Å². The Hall–Kier alpha value is -2.11. The van der Waals surface area contributed by atoms with Crippen molar-refractivity contribution >= 4 is 11.9 Å². The van der Waals surface area contributed by atoms with Crippen molar-refractivity contribution in [2.75, 3.05) is 0 Å². The third-order valence-electron chi connectivity index (χ3n) is 2.02. The molecular weight excluding hydrogens is 291 g/mol. The van der Waals surface area contributed by atoms with Gasteiger partial charge < -0.3 is 19.8 Å². The van der Waals surface area contributed by atoms with Crippen LogP contribution in [0.1, 0.15) is 20.7 Å². The van der Waals surface area contributed by atoms with Crippen LogP contribution >= 0.6 is 0 Å². The fourth-order valence-corrected chi connectivity index (χ4v) is 1.15. The molecule has 0 saturated heterocycles. The maximum Gasteiger partial charge on any atom is 0.0715 e. The first-order valence-corrected chi connectivity index (χ1v) is 5.14. The van der Waals surface area contributed by atoms with E-state index < -0.39 is 11.9 Å². The van der Waals surface area contributed by atoms with E-state index in [4.69, 9.17) is 0 Å². The summed E-state index contributed by atoms with van der Waals surface area (Å²) in [7, 11) is 0. The van der Waals surface area contributed by atoms with Crippen LogP contribution in [0, 0.1) is 0 Å². The van der Waals surface area contributed by atoms with Gasteiger partial charge in [-0.15, -0.1) is 0 Å². The van der Waals surface area contributed by atoms with E-state index in [9.17, 15) is 19.8 Å². The van der Waals surface area contributed by atoms with Crippen molar-refractivity contribution in [2.45, 2.75) is 0 Å². The summed E-state index contributed by atoms with van der Waals surface area (Å²) in [6.45, 7) is 0. The SMILES string of the molecule is O=C([O-])c1ccccc1.O=C([O-])c1ccccc1.[Co]. The normalized spacial score (nSPS) is 8.42. The van der Waals surface area contributed by atoms with Crippen molar-refractivity contribution in [1.29, 1.82) is 0 Å². The summed E-state index contributed by atoms with van der Waals surface area (Å²) < 4.78 is 0. The summed E-state index contributed by atoms with van der Waals surface area (Å²) in [6.07, 6.45) is 0. The van der Waals surface area contributed by atoms with Crippen molar-refractivity contribution < 1.29 is 36.6 Å². The van der Waals surface area contributed by atoms with Gasteiger partial charge in [0.15, 0.2) is 0 Å². The van der Waals surface area contributed by atoms with Crippen molar-refractivity contribution in [3.05, 3.63) is 71.8 Å². The van der Waals surface area contributed by atoms with Crippen LogP contribution in [-0.4, -0.2) is 11.9 Å². The van der Waals surface area contributed by atoms with E-state index >= 15 is 0 Å². The molecule has 0 bridgehead atoms. The van der Waals surface area contributed by atoms with Crippen LogP contribution in [0.3, 0.4) is 0 Å². The van der Waals surface area contributed by atoms with Gasteiger partial charge in [0.25, 0.3) is 0 Å². The van der Waals surface area contributed by atoms with Gasteiger partial charge in [-0.3, -0.25) is 0 Å². The van der Waals surface area contributed by atoms with Crippen LogP contribution in [0.5, 0.6) is 0 Å². The molecule has 101 valence electrons. The van der Waals surface area contributed by atoms with E-state index in [2.05, 4.69) is 0 Å². The summed E-state index contributed by atoms with van der Waals surface area (Å²) >= 11 is 0. The molecule has 0 N–H and O–H groups in total. The molecule has 0 heterocycles. The van der Waals surface area contributed by atoms with Crippen LogP contribution in [0.2, 0.25) is 0 Å². The molecule has 0 unspecified atom stereocenters. The Morgan fingerprint density at radius 1 is 0.632 bits per heavy atom. The molecule has 2 aromatic rings. The minimum atomic E-state index is -1.13. The van der Waals surface area contributed by atoms with Crippen LogP contribution in [0.4, 0.5) is 0 Å². The summed E-state index contributed by atoms with van der Waals surface area (Å²) in [6, 6.07) is 16.1. The predicted molar refractivity (Wildman–Crippen MR) is 61.5 cm³/mol. The van der Waals surface area contributed by atoms with Crippen molar-refractivity contribution in [1.82, 2.24) is 0 Å². The number of rotatable bonds is 2. The molecular formula is C14H10CoO4-2. The van der Waals surface area contributed by atoms with Crippen molar-refractivity contribution in [3.63, 3.8) is 0 Å². The number of carboxylic acid groups (broad SMARTS) is 2. The molecule has 2 rings (SSSR count). The monoisotopic (exact) mass is 301 g/mol. The van der Waals surface area contributed by atoms with Gasteiger partial charge in [0.1, 0.15) is 0 Å². The molecule has 4 nitrogen and oxygen atoms in total. The molecule has 0 aromatic heterocycles. The standard InChI is InChI=1S/2C7H6O2.Co/c2*8-7(9)6-4-2-1-3-5-6;/h2*1-5H,(H,8,9);/p-2. The van der Waals surface area contributed by atoms with Crippen LogP contribution < -0.4 is 10.2 Å². The molecule has 5 heteroatoms. The summed E-state index contributed by atoms with van der Waals surface area (Å²) in [5.74, 6) is -2.26. The summed E-state index contributed by atoms with van der Waals surface area (Å²) in [5.41, 5.74) is 0.440. The first kappa shape index (κ1) is 16.9. The Morgan fingerprint density at radius 2 is 0.895 bits per heavy atom. The molecule has 1 radical (unpaired) electrons. The zero-order valence-electron chi connectivity index (χ0n) is 9.74. The first-order chi connectivity index (χ1) is 8.61. The average molecular weight is 301 g/mol. The van der Waals surface area contributed by atoms with Gasteiger partial charge in [0.05, 0.1) is 11.9 Å². The zero-order chi connectivity index (χ0) is 13.4. The summed E-state index contributed by atoms with van der Waals surface area (Å²) in [4.78, 5) is 20.2. The second kappa shape index (κ2) is 8.90. The molecule has 2 aromatic carbocycles. The first-order valence-electron chi connectivity index (χ1n) is 5.14. The molecule has 0 fully saturated rings. The Balaban J connectivity index is 0.000000324. The average Bonchev–Trinajstić information content (AvgIpc) is 2.41. The minimum absolute atomic E-state index is 0. The topological polar surface area (TPSA) is 80.3 Å². The minimum Gasteiger partial charge on any atom is -0.545 e. The van der Waals surface area contributed by atoms with Gasteiger partial charge >= 0.3 is 0 Å². The van der Waals surface area contributed by atoms with Crippen LogP contribution in [0.25, 0.3) is 0 Å². The van der Waals surface area contributed by atoms with Crippen LogP contribution in [0.15, 0.2) is 60.7 Å². The van der Waals surface area contributed by atoms with E-state index in [1.165, 1.54) is 24.3 Å². The largest absolute Gasteiger partial charge is 0.545 e. The molecule has 0 atom stereocenters. The van der Waals surface area contributed by atoms with Gasteiger partial charge in [-0.25, -0.2) is 0 Å². The molecule has 0 aliphatic rings. The van der Waals surface area contributed by atoms with Gasteiger partial charge in [0.2, 0.25) is 0 Å². The van der Waals surface area contributed by atoms with Crippen molar-refractivity contribution in [3.8, 4) is 0 Å². The second-order valence-corrected chi connectivity index (χ2v) is 3.31. The van der Waals surface area contributed by atoms with Crippen molar-refractivity contribution in [2.24, 2.45) is 0 Å². The van der Waals surface area contributed by atoms with Crippen LogP contribution in [-0.2, 0) is 16.8 Å². The molecule has 0 aliphatic heterocycles. The Kier molecular flexibility index (Phi) is 7.91. The Morgan fingerprint density at radius 3 is 1.05 bits per heavy atom. The van der Waals surface area contributed by atoms with E-state index in [1.807, 2.05) is 0 Å². The number of benzene rings is 2. The third-order valence-corrected chi connectivity index (χ3v) is 2.02. The maximum absolute atomic E-state index is 10.1. The summed E-state index contributed by atoms with van der Waals surface area (Å²) in [5, 5.41) is 20.2. The number of carboxylic acids is 2. The predicted octanol–water partition coefficient (Wildman–Crippen LogP) is 0.0977. The Labute approximate surface area is 120 Å². The molecule has 0 spiro atoms. The van der Waals surface area contributed by atoms with E-state index in [-0.39, 0.29) is 27.9 Å². The number of carbonyl (C=O) groups excluding carboxylic acids is 2. The zero-order valence-corrected chi connectivity index (χ0v) is 10.8. The number of aromatic carboxylic acids is 2. The number of hydrogen-bond donors (Lipinski definition) is 0. The quantitative estimate of drug-likeness (QED) is 0.788. The maximum atomic E-state index is 10.1. The molecule has 0 aliphatic carbocycles. The van der Waals surface area contributed by atoms with E-state index in [0.717, 1.165) is 0 Å². The second-order valence-electron chi connectivity index (χ2n) is 3.31. The fourth-order valence-electron chi connectivity index (χ4n) is 1.15. The van der Waals surface area contributed by atoms with Gasteiger partial charge in [-0.05, 0) is 11.1 Å². The Bertz CT molecular complexity index is 462. The smallest absolute Gasteiger partial charge is 0.0715 e. The molecule has 0 amide bonds. The van der Waals surface area contributed by atoms with Gasteiger partial charge in [0, 0.05) is 16.8 Å². The molecule has 0 saturated carbocycles. The fraction of sp³-hybridized carbons (Fsp3) is 0.